The molecule has 0 saturated heterocycles. The second kappa shape index (κ2) is 6.22. The van der Waals surface area contributed by atoms with Crippen LogP contribution < -0.4 is 5.32 Å². The van der Waals surface area contributed by atoms with Gasteiger partial charge in [-0.05, 0) is 34.7 Å². The summed E-state index contributed by atoms with van der Waals surface area (Å²) in [5.74, 6) is -0.890. The van der Waals surface area contributed by atoms with Crippen molar-refractivity contribution in [1.82, 2.24) is 5.32 Å². The average Bonchev–Trinajstić information content (AvgIpc) is 1.82. The van der Waals surface area contributed by atoms with Crippen LogP contribution in [0.4, 0.5) is 0 Å². The molecule has 4 nitrogen and oxygen atoms in total. The number of likely N-dealkylation sites (N-methyl/N-ethyl adjacent to an activating group) is 1. The first-order valence-corrected chi connectivity index (χ1v) is 4.36. The van der Waals surface area contributed by atoms with Crippen LogP contribution in [0.25, 0.3) is 0 Å². The maximum absolute atomic E-state index is 10.7. The van der Waals surface area contributed by atoms with Crippen LogP contribution in [-0.4, -0.2) is 35.9 Å². The number of carbonyl (C=O) groups is 1. The van der Waals surface area contributed by atoms with Crippen LogP contribution in [0.15, 0.2) is 0 Å². The fourth-order valence-electron chi connectivity index (χ4n) is 1.18. The third kappa shape index (κ3) is 6.18. The van der Waals surface area contributed by atoms with E-state index in [0.717, 1.165) is 0 Å². The lowest BCUT2D eigenvalue weighted by Crippen LogP contribution is -2.46. The van der Waals surface area contributed by atoms with Gasteiger partial charge in [-0.2, -0.15) is 0 Å². The molecule has 0 unspecified atom stereocenters. The van der Waals surface area contributed by atoms with Gasteiger partial charge >= 0.3 is 5.97 Å². The molecule has 0 aromatic heterocycles. The van der Waals surface area contributed by atoms with Crippen LogP contribution in [0, 0.1) is 0 Å². The molecule has 5 heteroatoms. The maximum atomic E-state index is 10.7. The Bertz CT molecular complexity index is 179. The molecule has 0 aromatic carbocycles. The molecule has 0 radical (unpaired) electrons. The second-order valence-electron chi connectivity index (χ2n) is 4.04. The highest BCUT2D eigenvalue weighted by Gasteiger charge is 2.27. The summed E-state index contributed by atoms with van der Waals surface area (Å²) in [5, 5.41) is 11.5. The summed E-state index contributed by atoms with van der Waals surface area (Å²) in [5.41, 5.74) is -0.316. The van der Waals surface area contributed by atoms with E-state index in [1.165, 1.54) is 0 Å². The number of ether oxygens (including phenoxy) is 1. The third-order valence-electron chi connectivity index (χ3n) is 1.59. The van der Waals surface area contributed by atoms with Gasteiger partial charge in [0.2, 0.25) is 0 Å². The van der Waals surface area contributed by atoms with E-state index in [9.17, 15) is 4.79 Å². The fourth-order valence-corrected chi connectivity index (χ4v) is 1.18. The highest BCUT2D eigenvalue weighted by atomic mass is 35.5. The summed E-state index contributed by atoms with van der Waals surface area (Å²) < 4.78 is 5.51. The minimum absolute atomic E-state index is 0. The van der Waals surface area contributed by atoms with Crippen molar-refractivity contribution < 1.29 is 14.6 Å². The van der Waals surface area contributed by atoms with Crippen molar-refractivity contribution in [2.24, 2.45) is 0 Å². The molecule has 86 valence electrons. The lowest BCUT2D eigenvalue weighted by molar-refractivity contribution is -0.147. The van der Waals surface area contributed by atoms with Gasteiger partial charge in [-0.1, -0.05) is 0 Å². The quantitative estimate of drug-likeness (QED) is 0.757. The predicted molar refractivity (Wildman–Crippen MR) is 58.0 cm³/mol. The minimum Gasteiger partial charge on any atom is -0.480 e. The van der Waals surface area contributed by atoms with E-state index in [4.69, 9.17) is 9.84 Å². The number of aliphatic carboxylic acids is 1. The van der Waals surface area contributed by atoms with E-state index >= 15 is 0 Å². The Morgan fingerprint density at radius 2 is 1.86 bits per heavy atom. The van der Waals surface area contributed by atoms with Gasteiger partial charge in [-0.3, -0.25) is 4.79 Å². The predicted octanol–water partition coefficient (Wildman–Crippen LogP) is 1.28. The Balaban J connectivity index is 0. The van der Waals surface area contributed by atoms with Crippen LogP contribution in [-0.2, 0) is 9.53 Å². The van der Waals surface area contributed by atoms with E-state index in [2.05, 4.69) is 5.32 Å². The van der Waals surface area contributed by atoms with Crippen LogP contribution in [0.2, 0.25) is 0 Å². The number of nitrogens with one attached hydrogen (secondary N) is 1. The Kier molecular flexibility index (Phi) is 7.16. The summed E-state index contributed by atoms with van der Waals surface area (Å²) in [4.78, 5) is 10.7. The molecule has 14 heavy (non-hydrogen) atoms. The third-order valence-corrected chi connectivity index (χ3v) is 1.59. The fraction of sp³-hybridized carbons (Fsp3) is 0.889. The van der Waals surface area contributed by atoms with Gasteiger partial charge in [0.25, 0.3) is 0 Å². The summed E-state index contributed by atoms with van der Waals surface area (Å²) in [6, 6.07) is -0.653. The van der Waals surface area contributed by atoms with Gasteiger partial charge in [0.15, 0.2) is 0 Å². The van der Waals surface area contributed by atoms with Gasteiger partial charge < -0.3 is 15.2 Å². The zero-order valence-corrected chi connectivity index (χ0v) is 10.1. The SMILES string of the molecule is CN[C@@H](C(=O)O)[C@@H](C)OC(C)(C)C.Cl. The number of halogens is 1. The van der Waals surface area contributed by atoms with Crippen LogP contribution in [0.1, 0.15) is 27.7 Å². The van der Waals surface area contributed by atoms with Crippen LogP contribution >= 0.6 is 12.4 Å². The Hall–Kier alpha value is -0.320. The largest absolute Gasteiger partial charge is 0.480 e. The number of hydrogen-bond donors (Lipinski definition) is 2. The van der Waals surface area contributed by atoms with Crippen LogP contribution in [0.5, 0.6) is 0 Å². The highest BCUT2D eigenvalue weighted by molar-refractivity contribution is 5.85. The zero-order valence-electron chi connectivity index (χ0n) is 9.33. The van der Waals surface area contributed by atoms with Gasteiger partial charge in [0.05, 0.1) is 11.7 Å². The number of carboxylic acids is 1. The Labute approximate surface area is 91.4 Å². The molecular formula is C9H20ClNO3. The van der Waals surface area contributed by atoms with Crippen molar-refractivity contribution in [3.8, 4) is 0 Å². The van der Waals surface area contributed by atoms with Gasteiger partial charge in [0, 0.05) is 0 Å². The van der Waals surface area contributed by atoms with Crippen molar-refractivity contribution in [2.75, 3.05) is 7.05 Å². The smallest absolute Gasteiger partial charge is 0.323 e. The molecule has 0 fully saturated rings. The molecule has 0 heterocycles. The van der Waals surface area contributed by atoms with Gasteiger partial charge in [-0.15, -0.1) is 12.4 Å². The number of carboxylic acid groups (broad SMARTS) is 1. The number of rotatable bonds is 4. The van der Waals surface area contributed by atoms with E-state index in [-0.39, 0.29) is 24.1 Å². The highest BCUT2D eigenvalue weighted by Crippen LogP contribution is 2.12. The van der Waals surface area contributed by atoms with E-state index < -0.39 is 12.0 Å². The maximum Gasteiger partial charge on any atom is 0.323 e. The lowest BCUT2D eigenvalue weighted by atomic mass is 10.1. The summed E-state index contributed by atoms with van der Waals surface area (Å²) in [6.45, 7) is 7.45. The molecule has 0 spiro atoms. The molecule has 2 atom stereocenters. The van der Waals surface area contributed by atoms with E-state index in [1.807, 2.05) is 20.8 Å². The average molecular weight is 226 g/mol. The first-order valence-electron chi connectivity index (χ1n) is 4.36. The monoisotopic (exact) mass is 225 g/mol. The summed E-state index contributed by atoms with van der Waals surface area (Å²) in [6.07, 6.45) is -0.345. The van der Waals surface area contributed by atoms with E-state index in [0.29, 0.717) is 0 Å². The van der Waals surface area contributed by atoms with E-state index in [1.54, 1.807) is 14.0 Å². The molecule has 0 aromatic rings. The van der Waals surface area contributed by atoms with Crippen molar-refractivity contribution in [3.63, 3.8) is 0 Å². The van der Waals surface area contributed by atoms with Crippen molar-refractivity contribution in [3.05, 3.63) is 0 Å². The molecule has 0 bridgehead atoms. The van der Waals surface area contributed by atoms with Crippen molar-refractivity contribution in [2.45, 2.75) is 45.4 Å². The van der Waals surface area contributed by atoms with Crippen molar-refractivity contribution in [1.29, 1.82) is 0 Å². The molecule has 0 saturated carbocycles. The van der Waals surface area contributed by atoms with Gasteiger partial charge in [-0.25, -0.2) is 0 Å². The second-order valence-corrected chi connectivity index (χ2v) is 4.04. The lowest BCUT2D eigenvalue weighted by Gasteiger charge is -2.28. The molecule has 0 aliphatic rings. The minimum atomic E-state index is -0.890. The summed E-state index contributed by atoms with van der Waals surface area (Å²) >= 11 is 0. The topological polar surface area (TPSA) is 58.6 Å². The number of hydrogen-bond acceptors (Lipinski definition) is 3. The Morgan fingerprint density at radius 3 is 2.07 bits per heavy atom. The first-order chi connectivity index (χ1) is 5.78. The van der Waals surface area contributed by atoms with Crippen molar-refractivity contribution >= 4 is 18.4 Å². The van der Waals surface area contributed by atoms with Gasteiger partial charge in [0.1, 0.15) is 6.04 Å². The zero-order chi connectivity index (χ0) is 10.6. The molecule has 0 aliphatic heterocycles. The molecule has 0 amide bonds. The molecule has 0 rings (SSSR count). The molecule has 2 N–H and O–H groups in total. The Morgan fingerprint density at radius 1 is 1.43 bits per heavy atom. The molecule has 0 aliphatic carbocycles. The normalized spacial score (nSPS) is 15.5. The standard InChI is InChI=1S/C9H19NO3.ClH/c1-6(13-9(2,3)4)7(10-5)8(11)12;/h6-7,10H,1-5H3,(H,11,12);1H/t6-,7-;/m1./s1. The summed E-state index contributed by atoms with van der Waals surface area (Å²) in [7, 11) is 1.61. The molecular weight excluding hydrogens is 206 g/mol. The van der Waals surface area contributed by atoms with Crippen LogP contribution in [0.3, 0.4) is 0 Å². The first kappa shape index (κ1) is 16.1.